The molecular weight excluding hydrogens is 402 g/mol. The van der Waals surface area contributed by atoms with Gasteiger partial charge < -0.3 is 10.1 Å². The Morgan fingerprint density at radius 1 is 1.29 bits per heavy atom. The van der Waals surface area contributed by atoms with E-state index in [1.54, 1.807) is 11.3 Å². The normalized spacial score (nSPS) is 16.6. The fraction of sp³-hybridized carbons (Fsp3) is 0.444. The van der Waals surface area contributed by atoms with Gasteiger partial charge in [0.05, 0.1) is 34.8 Å². The van der Waals surface area contributed by atoms with Crippen molar-refractivity contribution in [1.29, 1.82) is 0 Å². The number of nitro benzene ring substituents is 1. The summed E-state index contributed by atoms with van der Waals surface area (Å²) in [4.78, 5) is 15.1. The average Bonchev–Trinajstić information content (AvgIpc) is 3.08. The Morgan fingerprint density at radius 2 is 2.00 bits per heavy atom. The van der Waals surface area contributed by atoms with E-state index in [0.29, 0.717) is 25.4 Å². The van der Waals surface area contributed by atoms with Crippen molar-refractivity contribution < 1.29 is 18.1 Å². The molecule has 1 aliphatic rings. The number of hydrogen-bond acceptors (Lipinski definition) is 8. The molecule has 1 unspecified atom stereocenters. The van der Waals surface area contributed by atoms with Gasteiger partial charge in [0.2, 0.25) is 0 Å². The highest BCUT2D eigenvalue weighted by atomic mass is 32.2. The summed E-state index contributed by atoms with van der Waals surface area (Å²) in [6, 6.07) is 8.11. The first-order valence-corrected chi connectivity index (χ1v) is 11.6. The molecule has 8 nitrogen and oxygen atoms in total. The Kier molecular flexibility index (Phi) is 6.33. The van der Waals surface area contributed by atoms with Crippen LogP contribution in [0.5, 0.6) is 0 Å². The van der Waals surface area contributed by atoms with Gasteiger partial charge in [-0.2, -0.15) is 0 Å². The van der Waals surface area contributed by atoms with Gasteiger partial charge in [-0.15, -0.1) is 11.3 Å². The Bertz CT molecular complexity index is 952. The third-order valence-corrected chi connectivity index (χ3v) is 6.88. The zero-order valence-electron chi connectivity index (χ0n) is 15.8. The molecule has 1 aliphatic heterocycles. The van der Waals surface area contributed by atoms with Crippen molar-refractivity contribution in [2.75, 3.05) is 44.4 Å². The molecular formula is C18H23N3O5S2. The number of aryl methyl sites for hydroxylation is 1. The maximum Gasteiger partial charge on any atom is 0.270 e. The van der Waals surface area contributed by atoms with Crippen LogP contribution in [-0.2, 0) is 14.6 Å². The molecule has 0 saturated carbocycles. The Labute approximate surface area is 168 Å². The SMILES string of the molecule is Cc1ccc(C(CNc2ccc([N+](=O)[O-])cc2S(C)(=O)=O)N2CCOCC2)s1. The van der Waals surface area contributed by atoms with Crippen molar-refractivity contribution >= 4 is 32.5 Å². The summed E-state index contributed by atoms with van der Waals surface area (Å²) in [6.45, 7) is 5.45. The summed E-state index contributed by atoms with van der Waals surface area (Å²) in [6.07, 6.45) is 1.05. The van der Waals surface area contributed by atoms with Gasteiger partial charge in [0.25, 0.3) is 5.69 Å². The minimum atomic E-state index is -3.62. The van der Waals surface area contributed by atoms with E-state index in [2.05, 4.69) is 29.3 Å². The van der Waals surface area contributed by atoms with Crippen molar-refractivity contribution in [2.24, 2.45) is 0 Å². The Hall–Kier alpha value is -2.01. The third kappa shape index (κ3) is 4.88. The molecule has 3 rings (SSSR count). The molecule has 0 radical (unpaired) electrons. The lowest BCUT2D eigenvalue weighted by atomic mass is 10.1. The number of morpholine rings is 1. The highest BCUT2D eigenvalue weighted by molar-refractivity contribution is 7.90. The first kappa shape index (κ1) is 20.7. The largest absolute Gasteiger partial charge is 0.382 e. The minimum absolute atomic E-state index is 0.0604. The number of ether oxygens (including phenoxy) is 1. The van der Waals surface area contributed by atoms with E-state index in [4.69, 9.17) is 4.74 Å². The van der Waals surface area contributed by atoms with Crippen molar-refractivity contribution in [3.05, 3.63) is 50.2 Å². The summed E-state index contributed by atoms with van der Waals surface area (Å²) in [7, 11) is -3.62. The van der Waals surface area contributed by atoms with E-state index in [1.165, 1.54) is 21.9 Å². The number of hydrogen-bond donors (Lipinski definition) is 1. The zero-order valence-corrected chi connectivity index (χ0v) is 17.4. The first-order valence-electron chi connectivity index (χ1n) is 8.86. The van der Waals surface area contributed by atoms with Gasteiger partial charge in [-0.25, -0.2) is 8.42 Å². The van der Waals surface area contributed by atoms with Gasteiger partial charge in [0.1, 0.15) is 0 Å². The maximum absolute atomic E-state index is 12.2. The summed E-state index contributed by atoms with van der Waals surface area (Å²) in [5.41, 5.74) is 0.129. The number of nitro groups is 1. The minimum Gasteiger partial charge on any atom is -0.382 e. The summed E-state index contributed by atoms with van der Waals surface area (Å²) in [5.74, 6) is 0. The average molecular weight is 426 g/mol. The number of nitrogens with one attached hydrogen (secondary N) is 1. The van der Waals surface area contributed by atoms with Crippen LogP contribution in [0.25, 0.3) is 0 Å². The maximum atomic E-state index is 12.2. The predicted molar refractivity (Wildman–Crippen MR) is 109 cm³/mol. The molecule has 1 aromatic carbocycles. The number of thiophene rings is 1. The van der Waals surface area contributed by atoms with E-state index in [-0.39, 0.29) is 16.6 Å². The predicted octanol–water partition coefficient (Wildman–Crippen LogP) is 2.85. The molecule has 1 aromatic heterocycles. The van der Waals surface area contributed by atoms with Crippen LogP contribution >= 0.6 is 11.3 Å². The van der Waals surface area contributed by atoms with Crippen LogP contribution < -0.4 is 5.32 Å². The van der Waals surface area contributed by atoms with E-state index < -0.39 is 14.8 Å². The van der Waals surface area contributed by atoms with E-state index in [1.807, 2.05) is 0 Å². The van der Waals surface area contributed by atoms with Crippen LogP contribution in [0.3, 0.4) is 0 Å². The second-order valence-electron chi connectivity index (χ2n) is 6.70. The number of benzene rings is 1. The second kappa shape index (κ2) is 8.56. The molecule has 10 heteroatoms. The quantitative estimate of drug-likeness (QED) is 0.537. The third-order valence-electron chi connectivity index (χ3n) is 4.64. The number of non-ortho nitro benzene ring substituents is 1. The highest BCUT2D eigenvalue weighted by Gasteiger charge is 2.25. The first-order chi connectivity index (χ1) is 13.3. The van der Waals surface area contributed by atoms with Gasteiger partial charge in [0.15, 0.2) is 9.84 Å². The lowest BCUT2D eigenvalue weighted by molar-refractivity contribution is -0.385. The van der Waals surface area contributed by atoms with Crippen LogP contribution in [0.4, 0.5) is 11.4 Å². The van der Waals surface area contributed by atoms with Crippen LogP contribution in [-0.4, -0.2) is 57.3 Å². The number of rotatable bonds is 7. The van der Waals surface area contributed by atoms with Gasteiger partial charge in [-0.3, -0.25) is 15.0 Å². The molecule has 2 aromatic rings. The molecule has 28 heavy (non-hydrogen) atoms. The Balaban J connectivity index is 1.87. The fourth-order valence-electron chi connectivity index (χ4n) is 3.22. The van der Waals surface area contributed by atoms with Crippen molar-refractivity contribution in [1.82, 2.24) is 4.90 Å². The lowest BCUT2D eigenvalue weighted by Crippen LogP contribution is -2.41. The van der Waals surface area contributed by atoms with Crippen LogP contribution in [0, 0.1) is 17.0 Å². The molecule has 1 fully saturated rings. The number of sulfone groups is 1. The Morgan fingerprint density at radius 3 is 2.57 bits per heavy atom. The van der Waals surface area contributed by atoms with E-state index >= 15 is 0 Å². The number of nitrogens with zero attached hydrogens (tertiary/aromatic N) is 2. The molecule has 0 amide bonds. The molecule has 1 N–H and O–H groups in total. The molecule has 0 aliphatic carbocycles. The standard InChI is InChI=1S/C18H23N3O5S2/c1-13-3-6-17(27-13)16(20-7-9-26-10-8-20)12-19-15-5-4-14(21(22)23)11-18(15)28(2,24)25/h3-6,11,16,19H,7-10,12H2,1-2H3. The summed E-state index contributed by atoms with van der Waals surface area (Å²) >= 11 is 1.71. The molecule has 0 spiro atoms. The van der Waals surface area contributed by atoms with Crippen molar-refractivity contribution in [3.63, 3.8) is 0 Å². The summed E-state index contributed by atoms with van der Waals surface area (Å²) < 4.78 is 29.8. The highest BCUT2D eigenvalue weighted by Crippen LogP contribution is 2.31. The molecule has 2 heterocycles. The van der Waals surface area contributed by atoms with Crippen molar-refractivity contribution in [3.8, 4) is 0 Å². The van der Waals surface area contributed by atoms with Gasteiger partial charge >= 0.3 is 0 Å². The molecule has 1 atom stereocenters. The molecule has 1 saturated heterocycles. The van der Waals surface area contributed by atoms with Gasteiger partial charge in [-0.05, 0) is 25.1 Å². The second-order valence-corrected chi connectivity index (χ2v) is 10.0. The van der Waals surface area contributed by atoms with E-state index in [9.17, 15) is 18.5 Å². The fourth-order valence-corrected chi connectivity index (χ4v) is 5.10. The lowest BCUT2D eigenvalue weighted by Gasteiger charge is -2.34. The molecule has 0 bridgehead atoms. The molecule has 152 valence electrons. The van der Waals surface area contributed by atoms with Crippen LogP contribution in [0.15, 0.2) is 35.2 Å². The smallest absolute Gasteiger partial charge is 0.270 e. The topological polar surface area (TPSA) is 102 Å². The van der Waals surface area contributed by atoms with Gasteiger partial charge in [0, 0.05) is 47.8 Å². The van der Waals surface area contributed by atoms with Crippen LogP contribution in [0.2, 0.25) is 0 Å². The monoisotopic (exact) mass is 425 g/mol. The number of anilines is 1. The van der Waals surface area contributed by atoms with Crippen LogP contribution in [0.1, 0.15) is 15.8 Å². The van der Waals surface area contributed by atoms with Crippen molar-refractivity contribution in [2.45, 2.75) is 17.9 Å². The zero-order chi connectivity index (χ0) is 20.3. The summed E-state index contributed by atoms with van der Waals surface area (Å²) in [5, 5.41) is 14.2. The van der Waals surface area contributed by atoms with Gasteiger partial charge in [-0.1, -0.05) is 0 Å². The van der Waals surface area contributed by atoms with E-state index in [0.717, 1.165) is 25.4 Å².